The summed E-state index contributed by atoms with van der Waals surface area (Å²) < 4.78 is 1.95. The van der Waals surface area contributed by atoms with Crippen LogP contribution in [0, 0.1) is 20.8 Å². The van der Waals surface area contributed by atoms with Crippen molar-refractivity contribution in [3.05, 3.63) is 91.9 Å². The van der Waals surface area contributed by atoms with Crippen LogP contribution < -0.4 is 5.32 Å². The number of nitrogens with zero attached hydrogens (tertiary/aromatic N) is 1. The van der Waals surface area contributed by atoms with Crippen LogP contribution in [0.4, 0.5) is 5.69 Å². The predicted molar refractivity (Wildman–Crippen MR) is 131 cm³/mol. The first-order valence-electron chi connectivity index (χ1n) is 9.58. The maximum absolute atomic E-state index is 13.4. The Morgan fingerprint density at radius 3 is 2.33 bits per heavy atom. The van der Waals surface area contributed by atoms with E-state index in [-0.39, 0.29) is 5.91 Å². The fourth-order valence-corrected chi connectivity index (χ4v) is 4.54. The summed E-state index contributed by atoms with van der Waals surface area (Å²) in [5.74, 6) is -0.151. The van der Waals surface area contributed by atoms with E-state index in [1.807, 2.05) is 81.4 Å². The number of carbonyl (C=O) groups excluding carboxylic acids is 1. The Morgan fingerprint density at radius 1 is 0.867 bits per heavy atom. The average Bonchev–Trinajstić information content (AvgIpc) is 2.72. The number of hydrogen-bond donors (Lipinski definition) is 1. The number of hydrogen-bond acceptors (Lipinski definition) is 2. The van der Waals surface area contributed by atoms with Crippen LogP contribution in [-0.4, -0.2) is 10.9 Å². The van der Waals surface area contributed by atoms with E-state index >= 15 is 0 Å². The van der Waals surface area contributed by atoms with Crippen LogP contribution >= 0.6 is 31.9 Å². The van der Waals surface area contributed by atoms with Crippen molar-refractivity contribution in [2.24, 2.45) is 0 Å². The first-order valence-corrected chi connectivity index (χ1v) is 11.2. The van der Waals surface area contributed by atoms with Crippen molar-refractivity contribution in [1.29, 1.82) is 0 Å². The minimum atomic E-state index is -0.151. The Labute approximate surface area is 192 Å². The Balaban J connectivity index is 1.88. The number of anilines is 1. The summed E-state index contributed by atoms with van der Waals surface area (Å²) in [6.07, 6.45) is 0. The number of benzene rings is 3. The number of halogens is 2. The summed E-state index contributed by atoms with van der Waals surface area (Å²) in [6.45, 7) is 6.01. The quantitative estimate of drug-likeness (QED) is 0.300. The first-order chi connectivity index (χ1) is 14.3. The van der Waals surface area contributed by atoms with Gasteiger partial charge in [0.1, 0.15) is 0 Å². The number of rotatable bonds is 3. The summed E-state index contributed by atoms with van der Waals surface area (Å²) in [4.78, 5) is 18.3. The molecule has 0 aliphatic heterocycles. The lowest BCUT2D eigenvalue weighted by Gasteiger charge is -2.14. The third-order valence-electron chi connectivity index (χ3n) is 5.14. The highest BCUT2D eigenvalue weighted by Gasteiger charge is 2.17. The van der Waals surface area contributed by atoms with E-state index in [9.17, 15) is 4.79 Å². The molecule has 3 aromatic carbocycles. The second kappa shape index (κ2) is 8.32. The van der Waals surface area contributed by atoms with Crippen molar-refractivity contribution in [3.63, 3.8) is 0 Å². The minimum Gasteiger partial charge on any atom is -0.322 e. The summed E-state index contributed by atoms with van der Waals surface area (Å²) in [5, 5.41) is 3.93. The third-order valence-corrected chi connectivity index (χ3v) is 6.45. The molecule has 0 spiro atoms. The van der Waals surface area contributed by atoms with Crippen LogP contribution in [-0.2, 0) is 0 Å². The first kappa shape index (κ1) is 20.8. The average molecular weight is 524 g/mol. The van der Waals surface area contributed by atoms with Crippen LogP contribution in [0.2, 0.25) is 0 Å². The highest BCUT2D eigenvalue weighted by atomic mass is 79.9. The third kappa shape index (κ3) is 4.05. The molecule has 0 saturated heterocycles. The Bertz CT molecular complexity index is 1280. The number of nitrogens with one attached hydrogen (secondary N) is 1. The van der Waals surface area contributed by atoms with Crippen LogP contribution in [0.3, 0.4) is 0 Å². The lowest BCUT2D eigenvalue weighted by atomic mass is 10.0. The van der Waals surface area contributed by atoms with Crippen LogP contribution in [0.1, 0.15) is 27.0 Å². The van der Waals surface area contributed by atoms with E-state index in [2.05, 4.69) is 37.2 Å². The molecule has 1 aromatic heterocycles. The van der Waals surface area contributed by atoms with E-state index in [0.29, 0.717) is 5.56 Å². The standard InChI is InChI=1S/C25H20Br2N2O/c1-14-11-22(15(2)10-21(14)27)29-25(30)20-13-23(17-7-5-4-6-8-17)28-24-16(3)9-18(26)12-19(20)24/h4-13H,1-3H3,(H,29,30). The molecule has 0 atom stereocenters. The second-order valence-electron chi connectivity index (χ2n) is 7.41. The normalized spacial score (nSPS) is 11.0. The summed E-state index contributed by atoms with van der Waals surface area (Å²) in [7, 11) is 0. The zero-order valence-electron chi connectivity index (χ0n) is 16.9. The van der Waals surface area contributed by atoms with Gasteiger partial charge in [0, 0.05) is 25.6 Å². The van der Waals surface area contributed by atoms with Gasteiger partial charge in [-0.2, -0.15) is 0 Å². The Kier molecular flexibility index (Phi) is 5.76. The molecule has 0 fully saturated rings. The smallest absolute Gasteiger partial charge is 0.256 e. The molecule has 1 amide bonds. The number of aryl methyl sites for hydroxylation is 3. The number of aromatic nitrogens is 1. The zero-order chi connectivity index (χ0) is 21.4. The lowest BCUT2D eigenvalue weighted by molar-refractivity contribution is 0.102. The molecule has 1 N–H and O–H groups in total. The molecule has 1 heterocycles. The van der Waals surface area contributed by atoms with Gasteiger partial charge in [-0.05, 0) is 67.8 Å². The van der Waals surface area contributed by atoms with Gasteiger partial charge < -0.3 is 5.32 Å². The molecule has 30 heavy (non-hydrogen) atoms. The second-order valence-corrected chi connectivity index (χ2v) is 9.18. The predicted octanol–water partition coefficient (Wildman–Crippen LogP) is 7.60. The van der Waals surface area contributed by atoms with E-state index in [1.165, 1.54) is 0 Å². The molecular formula is C25H20Br2N2O. The molecule has 4 rings (SSSR count). The van der Waals surface area contributed by atoms with E-state index in [4.69, 9.17) is 4.98 Å². The van der Waals surface area contributed by atoms with E-state index in [1.54, 1.807) is 0 Å². The van der Waals surface area contributed by atoms with Gasteiger partial charge in [0.2, 0.25) is 0 Å². The van der Waals surface area contributed by atoms with Gasteiger partial charge in [-0.1, -0.05) is 62.2 Å². The molecule has 5 heteroatoms. The molecule has 150 valence electrons. The largest absolute Gasteiger partial charge is 0.322 e. The summed E-state index contributed by atoms with van der Waals surface area (Å²) >= 11 is 7.11. The molecular weight excluding hydrogens is 504 g/mol. The van der Waals surface area contributed by atoms with Crippen molar-refractivity contribution in [2.75, 3.05) is 5.32 Å². The summed E-state index contributed by atoms with van der Waals surface area (Å²) in [6, 6.07) is 19.8. The van der Waals surface area contributed by atoms with Gasteiger partial charge in [-0.3, -0.25) is 4.79 Å². The fourth-order valence-electron chi connectivity index (χ4n) is 3.51. The highest BCUT2D eigenvalue weighted by Crippen LogP contribution is 2.31. The lowest BCUT2D eigenvalue weighted by Crippen LogP contribution is -2.14. The fraction of sp³-hybridized carbons (Fsp3) is 0.120. The van der Waals surface area contributed by atoms with E-state index < -0.39 is 0 Å². The van der Waals surface area contributed by atoms with Crippen molar-refractivity contribution in [3.8, 4) is 11.3 Å². The topological polar surface area (TPSA) is 42.0 Å². The molecule has 0 bridgehead atoms. The molecule has 4 aromatic rings. The molecule has 3 nitrogen and oxygen atoms in total. The van der Waals surface area contributed by atoms with Crippen LogP contribution in [0.25, 0.3) is 22.2 Å². The summed E-state index contributed by atoms with van der Waals surface area (Å²) in [5.41, 5.74) is 7.07. The van der Waals surface area contributed by atoms with Gasteiger partial charge >= 0.3 is 0 Å². The Hall–Kier alpha value is -2.50. The van der Waals surface area contributed by atoms with Crippen LogP contribution in [0.15, 0.2) is 69.6 Å². The van der Waals surface area contributed by atoms with E-state index in [0.717, 1.165) is 53.5 Å². The van der Waals surface area contributed by atoms with Crippen LogP contribution in [0.5, 0.6) is 0 Å². The molecule has 0 saturated carbocycles. The number of amides is 1. The SMILES string of the molecule is Cc1cc(NC(=O)c2cc(-c3ccccc3)nc3c(C)cc(Br)cc23)c(C)cc1Br. The number of pyridine rings is 1. The molecule has 0 aliphatic carbocycles. The van der Waals surface area contributed by atoms with Crippen molar-refractivity contribution in [2.45, 2.75) is 20.8 Å². The Morgan fingerprint density at radius 2 is 1.60 bits per heavy atom. The van der Waals surface area contributed by atoms with Gasteiger partial charge in [0.15, 0.2) is 0 Å². The van der Waals surface area contributed by atoms with Crippen molar-refractivity contribution < 1.29 is 4.79 Å². The van der Waals surface area contributed by atoms with Crippen molar-refractivity contribution in [1.82, 2.24) is 4.98 Å². The molecule has 0 unspecified atom stereocenters. The number of carbonyl (C=O) groups is 1. The maximum atomic E-state index is 13.4. The van der Waals surface area contributed by atoms with Crippen molar-refractivity contribution >= 4 is 54.4 Å². The molecule has 0 aliphatic rings. The maximum Gasteiger partial charge on any atom is 0.256 e. The number of fused-ring (bicyclic) bond motifs is 1. The van der Waals surface area contributed by atoms with Gasteiger partial charge in [0.05, 0.1) is 16.8 Å². The van der Waals surface area contributed by atoms with Gasteiger partial charge in [0.25, 0.3) is 5.91 Å². The minimum absolute atomic E-state index is 0.151. The van der Waals surface area contributed by atoms with Gasteiger partial charge in [-0.15, -0.1) is 0 Å². The molecule has 0 radical (unpaired) electrons. The van der Waals surface area contributed by atoms with Gasteiger partial charge in [-0.25, -0.2) is 4.98 Å². The highest BCUT2D eigenvalue weighted by molar-refractivity contribution is 9.10. The monoisotopic (exact) mass is 522 g/mol. The zero-order valence-corrected chi connectivity index (χ0v) is 20.1.